The molecule has 0 bridgehead atoms. The van der Waals surface area contributed by atoms with Crippen LogP contribution in [0.2, 0.25) is 0 Å². The highest BCUT2D eigenvalue weighted by molar-refractivity contribution is 5.97. The van der Waals surface area contributed by atoms with Crippen molar-refractivity contribution in [2.24, 2.45) is 0 Å². The first-order valence-corrected chi connectivity index (χ1v) is 7.02. The number of fused-ring (bicyclic) bond motifs is 1. The van der Waals surface area contributed by atoms with Gasteiger partial charge in [0.15, 0.2) is 6.10 Å². The number of nitrogens with one attached hydrogen (secondary N) is 2. The summed E-state index contributed by atoms with van der Waals surface area (Å²) in [5.74, 6) is 0.695. The molecule has 1 heterocycles. The van der Waals surface area contributed by atoms with Crippen LogP contribution < -0.4 is 15.4 Å². The zero-order valence-electron chi connectivity index (χ0n) is 11.7. The molecule has 0 saturated carbocycles. The largest absolute Gasteiger partial charge is 0.479 e. The Labute approximate surface area is 114 Å². The van der Waals surface area contributed by atoms with Crippen LogP contribution >= 0.6 is 0 Å². The molecular weight excluding hydrogens is 240 g/mol. The second-order valence-electron chi connectivity index (χ2n) is 4.89. The predicted molar refractivity (Wildman–Crippen MR) is 76.6 cm³/mol. The van der Waals surface area contributed by atoms with Crippen molar-refractivity contribution in [3.05, 3.63) is 23.8 Å². The molecule has 1 aliphatic rings. The number of anilines is 1. The molecule has 0 fully saturated rings. The Morgan fingerprint density at radius 1 is 1.37 bits per heavy atom. The summed E-state index contributed by atoms with van der Waals surface area (Å²) in [5, 5.41) is 6.20. The van der Waals surface area contributed by atoms with Crippen molar-refractivity contribution in [2.45, 2.75) is 39.2 Å². The lowest BCUT2D eigenvalue weighted by molar-refractivity contribution is -0.122. The highest BCUT2D eigenvalue weighted by atomic mass is 16.5. The molecule has 1 unspecified atom stereocenters. The van der Waals surface area contributed by atoms with Crippen LogP contribution in [0, 0.1) is 0 Å². The summed E-state index contributed by atoms with van der Waals surface area (Å²) in [6.45, 7) is 5.97. The van der Waals surface area contributed by atoms with Crippen LogP contribution in [-0.2, 0) is 11.2 Å². The van der Waals surface area contributed by atoms with Crippen LogP contribution in [-0.4, -0.2) is 25.1 Å². The number of aryl methyl sites for hydroxylation is 1. The molecular formula is C15H22N2O2. The van der Waals surface area contributed by atoms with Gasteiger partial charge in [-0.1, -0.05) is 13.0 Å². The van der Waals surface area contributed by atoms with Gasteiger partial charge in [-0.15, -0.1) is 0 Å². The quantitative estimate of drug-likeness (QED) is 0.774. The van der Waals surface area contributed by atoms with Gasteiger partial charge in [0.05, 0.1) is 5.69 Å². The van der Waals surface area contributed by atoms with E-state index in [4.69, 9.17) is 4.74 Å². The van der Waals surface area contributed by atoms with E-state index < -0.39 is 6.10 Å². The van der Waals surface area contributed by atoms with Crippen molar-refractivity contribution >= 4 is 11.6 Å². The van der Waals surface area contributed by atoms with Crippen molar-refractivity contribution in [1.29, 1.82) is 0 Å². The number of amides is 1. The molecule has 4 nitrogen and oxygen atoms in total. The molecule has 2 N–H and O–H groups in total. The first-order valence-electron chi connectivity index (χ1n) is 7.02. The molecule has 1 aromatic rings. The molecule has 1 amide bonds. The summed E-state index contributed by atoms with van der Waals surface area (Å²) in [6.07, 6.45) is 2.95. The van der Waals surface area contributed by atoms with E-state index in [2.05, 4.69) is 23.6 Å². The minimum atomic E-state index is -0.404. The Hall–Kier alpha value is -1.55. The van der Waals surface area contributed by atoms with Gasteiger partial charge in [0, 0.05) is 0 Å². The predicted octanol–water partition coefficient (Wildman–Crippen LogP) is 2.34. The molecule has 0 aliphatic carbocycles. The van der Waals surface area contributed by atoms with E-state index in [-0.39, 0.29) is 5.91 Å². The lowest BCUT2D eigenvalue weighted by Gasteiger charge is -2.23. The van der Waals surface area contributed by atoms with Crippen LogP contribution in [0.1, 0.15) is 32.3 Å². The average Bonchev–Trinajstić information content (AvgIpc) is 2.40. The van der Waals surface area contributed by atoms with Gasteiger partial charge in [0.25, 0.3) is 5.91 Å². The smallest absolute Gasteiger partial charge is 0.265 e. The number of carbonyl (C=O) groups is 1. The molecule has 0 aromatic heterocycles. The number of unbranched alkanes of at least 4 members (excludes halogenated alkanes) is 1. The van der Waals surface area contributed by atoms with Crippen LogP contribution in [0.15, 0.2) is 18.2 Å². The van der Waals surface area contributed by atoms with Gasteiger partial charge in [-0.2, -0.15) is 0 Å². The zero-order chi connectivity index (χ0) is 13.7. The van der Waals surface area contributed by atoms with Crippen LogP contribution in [0.25, 0.3) is 0 Å². The second kappa shape index (κ2) is 6.57. The maximum absolute atomic E-state index is 11.6. The topological polar surface area (TPSA) is 50.4 Å². The average molecular weight is 262 g/mol. The third-order valence-electron chi connectivity index (χ3n) is 3.29. The van der Waals surface area contributed by atoms with Gasteiger partial charge in [-0.25, -0.2) is 0 Å². The van der Waals surface area contributed by atoms with E-state index in [0.717, 1.165) is 37.4 Å². The second-order valence-corrected chi connectivity index (χ2v) is 4.89. The fraction of sp³-hybridized carbons (Fsp3) is 0.533. The van der Waals surface area contributed by atoms with E-state index in [0.29, 0.717) is 0 Å². The first-order chi connectivity index (χ1) is 9.20. The number of ether oxygens (including phenoxy) is 1. The van der Waals surface area contributed by atoms with Crippen molar-refractivity contribution in [3.63, 3.8) is 0 Å². The zero-order valence-corrected chi connectivity index (χ0v) is 11.7. The number of carbonyl (C=O) groups excluding carboxylic acids is 1. The summed E-state index contributed by atoms with van der Waals surface area (Å²) in [4.78, 5) is 11.6. The Bertz CT molecular complexity index is 446. The monoisotopic (exact) mass is 262 g/mol. The van der Waals surface area contributed by atoms with Gasteiger partial charge < -0.3 is 15.4 Å². The molecule has 1 aromatic carbocycles. The highest BCUT2D eigenvalue weighted by Crippen LogP contribution is 2.30. The van der Waals surface area contributed by atoms with Gasteiger partial charge >= 0.3 is 0 Å². The summed E-state index contributed by atoms with van der Waals surface area (Å²) in [6, 6.07) is 6.05. The Morgan fingerprint density at radius 3 is 3.00 bits per heavy atom. The van der Waals surface area contributed by atoms with Gasteiger partial charge in [0.1, 0.15) is 5.75 Å². The summed E-state index contributed by atoms with van der Waals surface area (Å²) >= 11 is 0. The van der Waals surface area contributed by atoms with E-state index in [1.807, 2.05) is 12.1 Å². The minimum absolute atomic E-state index is 0.0724. The summed E-state index contributed by atoms with van der Waals surface area (Å²) in [7, 11) is 0. The van der Waals surface area contributed by atoms with E-state index in [1.165, 1.54) is 12.0 Å². The minimum Gasteiger partial charge on any atom is -0.479 e. The highest BCUT2D eigenvalue weighted by Gasteiger charge is 2.23. The number of hydrogen-bond acceptors (Lipinski definition) is 3. The molecule has 19 heavy (non-hydrogen) atoms. The van der Waals surface area contributed by atoms with Crippen LogP contribution in [0.5, 0.6) is 5.75 Å². The van der Waals surface area contributed by atoms with Gasteiger partial charge in [-0.05, 0) is 57.0 Å². The summed E-state index contributed by atoms with van der Waals surface area (Å²) < 4.78 is 5.53. The van der Waals surface area contributed by atoms with Crippen molar-refractivity contribution in [1.82, 2.24) is 5.32 Å². The van der Waals surface area contributed by atoms with E-state index >= 15 is 0 Å². The number of benzene rings is 1. The maximum atomic E-state index is 11.6. The molecule has 104 valence electrons. The Balaban J connectivity index is 1.90. The lowest BCUT2D eigenvalue weighted by Crippen LogP contribution is -2.34. The molecule has 0 saturated heterocycles. The number of hydrogen-bond donors (Lipinski definition) is 2. The van der Waals surface area contributed by atoms with Crippen LogP contribution in [0.3, 0.4) is 0 Å². The molecule has 1 atom stereocenters. The third kappa shape index (κ3) is 3.70. The molecule has 4 heteroatoms. The lowest BCUT2D eigenvalue weighted by atomic mass is 10.1. The fourth-order valence-corrected chi connectivity index (χ4v) is 2.17. The number of rotatable bonds is 6. The third-order valence-corrected chi connectivity index (χ3v) is 3.29. The Morgan fingerprint density at radius 2 is 2.21 bits per heavy atom. The maximum Gasteiger partial charge on any atom is 0.265 e. The summed E-state index contributed by atoms with van der Waals surface area (Å²) in [5.41, 5.74) is 2.04. The Kier molecular flexibility index (Phi) is 4.80. The van der Waals surface area contributed by atoms with Crippen LogP contribution in [0.4, 0.5) is 5.69 Å². The van der Waals surface area contributed by atoms with E-state index in [1.54, 1.807) is 6.92 Å². The standard InChI is InChI=1S/C15H22N2O2/c1-3-16-9-5-4-6-12-7-8-14-13(10-12)17-15(18)11(2)19-14/h7-8,10-11,16H,3-6,9H2,1-2H3,(H,17,18). The van der Waals surface area contributed by atoms with Gasteiger partial charge in [-0.3, -0.25) is 4.79 Å². The normalized spacial score (nSPS) is 17.6. The van der Waals surface area contributed by atoms with Crippen molar-refractivity contribution in [2.75, 3.05) is 18.4 Å². The first kappa shape index (κ1) is 13.9. The fourth-order valence-electron chi connectivity index (χ4n) is 2.17. The molecule has 0 spiro atoms. The molecule has 1 aliphatic heterocycles. The SMILES string of the molecule is CCNCCCCc1ccc2c(c1)NC(=O)C(C)O2. The van der Waals surface area contributed by atoms with Gasteiger partial charge in [0.2, 0.25) is 0 Å². The van der Waals surface area contributed by atoms with E-state index in [9.17, 15) is 4.79 Å². The molecule has 2 rings (SSSR count). The van der Waals surface area contributed by atoms with Crippen molar-refractivity contribution < 1.29 is 9.53 Å². The molecule has 0 radical (unpaired) electrons. The van der Waals surface area contributed by atoms with Crippen molar-refractivity contribution in [3.8, 4) is 5.75 Å².